The van der Waals surface area contributed by atoms with Crippen LogP contribution in [0.25, 0.3) is 0 Å². The van der Waals surface area contributed by atoms with Crippen LogP contribution < -0.4 is 15.4 Å². The number of amides is 2. The molecule has 3 rings (SSSR count). The van der Waals surface area contributed by atoms with Gasteiger partial charge in [-0.25, -0.2) is 17.5 Å². The van der Waals surface area contributed by atoms with Crippen LogP contribution in [0.3, 0.4) is 0 Å². The van der Waals surface area contributed by atoms with E-state index in [4.69, 9.17) is 0 Å². The van der Waals surface area contributed by atoms with E-state index in [-0.39, 0.29) is 29.8 Å². The van der Waals surface area contributed by atoms with Crippen molar-refractivity contribution in [1.82, 2.24) is 10.0 Å². The molecule has 0 aliphatic rings. The third-order valence-corrected chi connectivity index (χ3v) is 6.48. The molecule has 35 heavy (non-hydrogen) atoms. The number of rotatable bonds is 8. The predicted molar refractivity (Wildman–Crippen MR) is 133 cm³/mol. The van der Waals surface area contributed by atoms with Crippen LogP contribution in [0.15, 0.2) is 77.7 Å². The topological polar surface area (TPSA) is 104 Å². The Morgan fingerprint density at radius 3 is 2.20 bits per heavy atom. The first-order valence-electron chi connectivity index (χ1n) is 11.0. The van der Waals surface area contributed by atoms with E-state index in [0.29, 0.717) is 22.4 Å². The summed E-state index contributed by atoms with van der Waals surface area (Å²) in [5.41, 5.74) is 1.38. The Bertz CT molecular complexity index is 1330. The van der Waals surface area contributed by atoms with Gasteiger partial charge >= 0.3 is 0 Å². The van der Waals surface area contributed by atoms with E-state index < -0.39 is 21.3 Å². The van der Waals surface area contributed by atoms with Crippen LogP contribution in [0.1, 0.15) is 42.3 Å². The maximum absolute atomic E-state index is 13.3. The molecule has 3 aromatic carbocycles. The van der Waals surface area contributed by atoms with Crippen molar-refractivity contribution in [3.63, 3.8) is 0 Å². The fourth-order valence-electron chi connectivity index (χ4n) is 3.07. The molecule has 0 aromatic heterocycles. The Hall–Kier alpha value is -3.56. The zero-order valence-electron chi connectivity index (χ0n) is 19.8. The monoisotopic (exact) mass is 497 g/mol. The Balaban J connectivity index is 1.63. The number of hydrogen-bond acceptors (Lipinski definition) is 4. The van der Waals surface area contributed by atoms with Crippen LogP contribution in [0, 0.1) is 11.2 Å². The molecule has 0 bridgehead atoms. The third kappa shape index (κ3) is 7.46. The molecular weight excluding hydrogens is 469 g/mol. The van der Waals surface area contributed by atoms with E-state index in [1.807, 2.05) is 0 Å². The van der Waals surface area contributed by atoms with Crippen molar-refractivity contribution in [3.8, 4) is 0 Å². The highest BCUT2D eigenvalue weighted by atomic mass is 32.2. The summed E-state index contributed by atoms with van der Waals surface area (Å²) in [4.78, 5) is 24.9. The summed E-state index contributed by atoms with van der Waals surface area (Å²) in [5, 5.41) is 5.55. The highest BCUT2D eigenvalue weighted by molar-refractivity contribution is 7.89. The number of carbonyl (C=O) groups excluding carboxylic acids is 2. The summed E-state index contributed by atoms with van der Waals surface area (Å²) >= 11 is 0. The van der Waals surface area contributed by atoms with Gasteiger partial charge in [0.25, 0.3) is 5.91 Å². The van der Waals surface area contributed by atoms with E-state index in [0.717, 1.165) is 0 Å². The molecule has 0 saturated carbocycles. The van der Waals surface area contributed by atoms with Crippen LogP contribution >= 0.6 is 0 Å². The molecular formula is C26H28FN3O4S. The molecule has 0 heterocycles. The van der Waals surface area contributed by atoms with E-state index in [1.165, 1.54) is 30.3 Å². The average molecular weight is 498 g/mol. The maximum Gasteiger partial charge on any atom is 0.251 e. The molecule has 0 unspecified atom stereocenters. The smallest absolute Gasteiger partial charge is 0.251 e. The average Bonchev–Trinajstić information content (AvgIpc) is 2.81. The number of nitrogens with one attached hydrogen (secondary N) is 3. The summed E-state index contributed by atoms with van der Waals surface area (Å²) in [6.07, 6.45) is 0. The Labute approximate surface area is 204 Å². The van der Waals surface area contributed by atoms with Gasteiger partial charge in [0, 0.05) is 29.8 Å². The van der Waals surface area contributed by atoms with Gasteiger partial charge in [-0.05, 0) is 53.6 Å². The second-order valence-electron chi connectivity index (χ2n) is 9.07. The zero-order valence-corrected chi connectivity index (χ0v) is 20.6. The molecule has 0 radical (unpaired) electrons. The summed E-state index contributed by atoms with van der Waals surface area (Å²) < 4.78 is 41.1. The van der Waals surface area contributed by atoms with Crippen molar-refractivity contribution >= 4 is 27.5 Å². The van der Waals surface area contributed by atoms with Crippen molar-refractivity contribution in [3.05, 3.63) is 95.3 Å². The molecule has 0 aliphatic heterocycles. The number of carbonyl (C=O) groups is 2. The molecule has 0 spiro atoms. The first-order chi connectivity index (χ1) is 16.4. The molecule has 0 saturated heterocycles. The largest absolute Gasteiger partial charge is 0.348 e. The Kier molecular flexibility index (Phi) is 8.03. The third-order valence-electron chi connectivity index (χ3n) is 5.08. The van der Waals surface area contributed by atoms with Gasteiger partial charge in [0.15, 0.2) is 0 Å². The van der Waals surface area contributed by atoms with Gasteiger partial charge in [-0.2, -0.15) is 0 Å². The second kappa shape index (κ2) is 10.8. The zero-order chi connectivity index (χ0) is 25.6. The van der Waals surface area contributed by atoms with E-state index >= 15 is 0 Å². The predicted octanol–water partition coefficient (Wildman–Crippen LogP) is 4.22. The Morgan fingerprint density at radius 1 is 0.857 bits per heavy atom. The van der Waals surface area contributed by atoms with Gasteiger partial charge in [-0.15, -0.1) is 0 Å². The van der Waals surface area contributed by atoms with Gasteiger partial charge < -0.3 is 10.6 Å². The Morgan fingerprint density at radius 2 is 1.51 bits per heavy atom. The summed E-state index contributed by atoms with van der Waals surface area (Å²) in [6.45, 7) is 5.44. The van der Waals surface area contributed by atoms with E-state index in [9.17, 15) is 22.4 Å². The normalized spacial score (nSPS) is 11.7. The quantitative estimate of drug-likeness (QED) is 0.433. The van der Waals surface area contributed by atoms with Crippen molar-refractivity contribution in [2.24, 2.45) is 5.41 Å². The van der Waals surface area contributed by atoms with Gasteiger partial charge in [0.1, 0.15) is 5.82 Å². The second-order valence-corrected chi connectivity index (χ2v) is 10.8. The fraction of sp³-hybridized carbons (Fsp3) is 0.231. The molecule has 3 aromatic rings. The highest BCUT2D eigenvalue weighted by Crippen LogP contribution is 2.18. The summed E-state index contributed by atoms with van der Waals surface area (Å²) in [6, 6.07) is 18.5. The summed E-state index contributed by atoms with van der Waals surface area (Å²) in [7, 11) is -3.84. The lowest BCUT2D eigenvalue weighted by Crippen LogP contribution is -2.28. The van der Waals surface area contributed by atoms with Crippen molar-refractivity contribution in [2.75, 3.05) is 5.32 Å². The van der Waals surface area contributed by atoms with Crippen LogP contribution in [-0.4, -0.2) is 20.2 Å². The minimum absolute atomic E-state index is 0.0348. The molecule has 9 heteroatoms. The van der Waals surface area contributed by atoms with Gasteiger partial charge in [0.05, 0.1) is 4.90 Å². The van der Waals surface area contributed by atoms with Crippen molar-refractivity contribution < 1.29 is 22.4 Å². The van der Waals surface area contributed by atoms with Crippen LogP contribution in [0.2, 0.25) is 0 Å². The highest BCUT2D eigenvalue weighted by Gasteiger charge is 2.21. The standard InChI is InChI=1S/C26H28FN3O4S/c1-26(2,3)25(32)30-22-11-6-9-20(15-22)24(31)28-16-19-8-5-12-23(14-19)35(33,34)29-17-18-7-4-10-21(27)13-18/h4-15,29H,16-17H2,1-3H3,(H,28,31)(H,30,32). The molecule has 0 fully saturated rings. The SMILES string of the molecule is CC(C)(C)C(=O)Nc1cccc(C(=O)NCc2cccc(S(=O)(=O)NCc3cccc(F)c3)c2)c1. The van der Waals surface area contributed by atoms with Gasteiger partial charge in [-0.1, -0.05) is 51.1 Å². The van der Waals surface area contributed by atoms with E-state index in [1.54, 1.807) is 63.2 Å². The minimum atomic E-state index is -3.84. The van der Waals surface area contributed by atoms with Crippen LogP contribution in [0.5, 0.6) is 0 Å². The molecule has 0 aliphatic carbocycles. The maximum atomic E-state index is 13.3. The van der Waals surface area contributed by atoms with Gasteiger partial charge in [-0.3, -0.25) is 9.59 Å². The number of anilines is 1. The first-order valence-corrected chi connectivity index (χ1v) is 12.5. The van der Waals surface area contributed by atoms with Gasteiger partial charge in [0.2, 0.25) is 15.9 Å². The lowest BCUT2D eigenvalue weighted by molar-refractivity contribution is -0.123. The van der Waals surface area contributed by atoms with Crippen LogP contribution in [-0.2, 0) is 27.9 Å². The molecule has 184 valence electrons. The number of halogens is 1. The lowest BCUT2D eigenvalue weighted by Gasteiger charge is -2.18. The van der Waals surface area contributed by atoms with E-state index in [2.05, 4.69) is 15.4 Å². The number of sulfonamides is 1. The molecule has 3 N–H and O–H groups in total. The number of hydrogen-bond donors (Lipinski definition) is 3. The number of benzene rings is 3. The lowest BCUT2D eigenvalue weighted by atomic mass is 9.95. The minimum Gasteiger partial charge on any atom is -0.348 e. The molecule has 2 amide bonds. The molecule has 0 atom stereocenters. The molecule has 7 nitrogen and oxygen atoms in total. The van der Waals surface area contributed by atoms with Crippen molar-refractivity contribution in [1.29, 1.82) is 0 Å². The van der Waals surface area contributed by atoms with Crippen LogP contribution in [0.4, 0.5) is 10.1 Å². The first kappa shape index (κ1) is 26.1. The summed E-state index contributed by atoms with van der Waals surface area (Å²) in [5.74, 6) is -0.977. The fourth-order valence-corrected chi connectivity index (χ4v) is 4.16. The van der Waals surface area contributed by atoms with Crippen molar-refractivity contribution in [2.45, 2.75) is 38.8 Å².